The summed E-state index contributed by atoms with van der Waals surface area (Å²) in [5.74, 6) is -1.20. The molecule has 14 nitrogen and oxygen atoms in total. The van der Waals surface area contributed by atoms with E-state index in [1.807, 2.05) is 0 Å². The Morgan fingerprint density at radius 2 is 2.00 bits per heavy atom. The Labute approximate surface area is 248 Å². The molecule has 2 aromatic rings. The zero-order valence-electron chi connectivity index (χ0n) is 22.8. The number of ether oxygens (including phenoxy) is 3. The van der Waals surface area contributed by atoms with Crippen LogP contribution in [0.4, 0.5) is 9.93 Å². The fourth-order valence-electron chi connectivity index (χ4n) is 3.96. The summed E-state index contributed by atoms with van der Waals surface area (Å²) in [5.41, 5.74) is 6.46. The molecule has 2 aliphatic heterocycles. The number of nitrogens with two attached hydrogens (primary N) is 1. The number of nitrogen functional groups attached to an aromatic ring is 1. The first-order chi connectivity index (χ1) is 20.1. The molecule has 1 aromatic heterocycles. The summed E-state index contributed by atoms with van der Waals surface area (Å²) >= 11 is 2.37. The van der Waals surface area contributed by atoms with Crippen LogP contribution < -0.4 is 15.8 Å². The number of aromatic nitrogens is 1. The number of hydrogen-bond donors (Lipinski definition) is 3. The number of nitrogens with one attached hydrogen (secondary N) is 1. The van der Waals surface area contributed by atoms with Crippen LogP contribution in [0.2, 0.25) is 0 Å². The molecule has 3 amide bonds. The fraction of sp³-hybridized carbons (Fsp3) is 0.308. The SMILES string of the molecule is COc1ccc(COC(=O)C2=C(/C=C\COC(=O)N(C)C)CS[C@@H]3[C@H](NC(=O)/C(=N\O)c4csc(N)n4)C(=O)N23)cc1. The highest BCUT2D eigenvalue weighted by Crippen LogP contribution is 2.41. The van der Waals surface area contributed by atoms with Crippen molar-refractivity contribution in [1.82, 2.24) is 20.1 Å². The van der Waals surface area contributed by atoms with Crippen molar-refractivity contribution in [3.63, 3.8) is 0 Å². The first-order valence-electron chi connectivity index (χ1n) is 12.4. The molecule has 1 fully saturated rings. The Morgan fingerprint density at radius 3 is 2.62 bits per heavy atom. The largest absolute Gasteiger partial charge is 0.497 e. The molecule has 0 bridgehead atoms. The minimum atomic E-state index is -1.01. The highest BCUT2D eigenvalue weighted by Gasteiger charge is 2.54. The number of thiazole rings is 1. The molecule has 16 heteroatoms. The van der Waals surface area contributed by atoms with E-state index in [0.717, 1.165) is 11.3 Å². The van der Waals surface area contributed by atoms with Crippen molar-refractivity contribution in [2.45, 2.75) is 18.0 Å². The maximum absolute atomic E-state index is 13.3. The number of oxime groups is 1. The molecule has 0 saturated carbocycles. The summed E-state index contributed by atoms with van der Waals surface area (Å²) in [6, 6.07) is 5.95. The van der Waals surface area contributed by atoms with Gasteiger partial charge in [-0.05, 0) is 29.3 Å². The third-order valence-corrected chi connectivity index (χ3v) is 8.05. The molecule has 4 rings (SSSR count). The lowest BCUT2D eigenvalue weighted by Crippen LogP contribution is -2.71. The highest BCUT2D eigenvalue weighted by molar-refractivity contribution is 8.00. The monoisotopic (exact) mass is 616 g/mol. The number of β-lactam (4-membered cyclic amide) rings is 1. The number of esters is 1. The van der Waals surface area contributed by atoms with Gasteiger partial charge in [0.1, 0.15) is 41.8 Å². The van der Waals surface area contributed by atoms with E-state index >= 15 is 0 Å². The third-order valence-electron chi connectivity index (χ3n) is 6.07. The van der Waals surface area contributed by atoms with Gasteiger partial charge in [-0.3, -0.25) is 14.5 Å². The number of hydrogen-bond acceptors (Lipinski definition) is 13. The normalized spacial score (nSPS) is 18.3. The second-order valence-corrected chi connectivity index (χ2v) is 11.0. The van der Waals surface area contributed by atoms with Crippen LogP contribution in [0, 0.1) is 0 Å². The van der Waals surface area contributed by atoms with E-state index in [2.05, 4.69) is 15.5 Å². The number of allylic oxidation sites excluding steroid dienone is 1. The summed E-state index contributed by atoms with van der Waals surface area (Å²) in [6.45, 7) is -0.114. The molecule has 0 unspecified atom stereocenters. The standard InChI is InChI=1S/C26H28N6O8S2/c1-31(2)26(36)39-10-4-5-15-12-41-23-19(29-21(33)18(30-37)17-13-42-25(27)28-17)22(34)32(23)20(15)24(35)40-11-14-6-8-16(38-3)9-7-14/h4-9,13,19,23,37H,10-12H2,1-3H3,(H2,27,28)(H,29,33)/b5-4-,30-18-/t19-,23-/m1/s1. The first kappa shape index (κ1) is 30.4. The van der Waals surface area contributed by atoms with Crippen LogP contribution in [0.1, 0.15) is 11.3 Å². The van der Waals surface area contributed by atoms with E-state index in [1.54, 1.807) is 57.6 Å². The first-order valence-corrected chi connectivity index (χ1v) is 14.3. The van der Waals surface area contributed by atoms with E-state index in [1.165, 1.54) is 26.9 Å². The van der Waals surface area contributed by atoms with Crippen molar-refractivity contribution in [3.05, 3.63) is 64.3 Å². The van der Waals surface area contributed by atoms with Gasteiger partial charge in [0.25, 0.3) is 11.8 Å². The average Bonchev–Trinajstić information content (AvgIpc) is 3.42. The molecule has 0 spiro atoms. The predicted octanol–water partition coefficient (Wildman–Crippen LogP) is 1.56. The summed E-state index contributed by atoms with van der Waals surface area (Å²) in [7, 11) is 4.65. The lowest BCUT2D eigenvalue weighted by Gasteiger charge is -2.49. The van der Waals surface area contributed by atoms with E-state index < -0.39 is 41.0 Å². The second kappa shape index (κ2) is 13.4. The predicted molar refractivity (Wildman–Crippen MR) is 154 cm³/mol. The maximum Gasteiger partial charge on any atom is 0.409 e. The second-order valence-electron chi connectivity index (χ2n) is 9.05. The minimum absolute atomic E-state index is 0.0151. The van der Waals surface area contributed by atoms with Gasteiger partial charge in [0, 0.05) is 25.2 Å². The molecule has 0 aliphatic carbocycles. The molecule has 42 heavy (non-hydrogen) atoms. The van der Waals surface area contributed by atoms with Crippen LogP contribution in [0.3, 0.4) is 0 Å². The molecule has 2 aliphatic rings. The Balaban J connectivity index is 1.51. The summed E-state index contributed by atoms with van der Waals surface area (Å²) in [6.07, 6.45) is 2.62. The summed E-state index contributed by atoms with van der Waals surface area (Å²) in [4.78, 5) is 57.7. The van der Waals surface area contributed by atoms with Gasteiger partial charge in [-0.15, -0.1) is 23.1 Å². The smallest absolute Gasteiger partial charge is 0.409 e. The van der Waals surface area contributed by atoms with Crippen molar-refractivity contribution < 1.29 is 38.6 Å². The number of fused-ring (bicyclic) bond motifs is 1. The number of anilines is 1. The zero-order valence-corrected chi connectivity index (χ0v) is 24.4. The highest BCUT2D eigenvalue weighted by atomic mass is 32.2. The van der Waals surface area contributed by atoms with Gasteiger partial charge in [-0.2, -0.15) is 0 Å². The molecule has 2 atom stereocenters. The van der Waals surface area contributed by atoms with Crippen LogP contribution in [-0.2, 0) is 30.5 Å². The van der Waals surface area contributed by atoms with E-state index in [4.69, 9.17) is 19.9 Å². The summed E-state index contributed by atoms with van der Waals surface area (Å²) < 4.78 is 15.8. The number of thioether (sulfide) groups is 1. The zero-order chi connectivity index (χ0) is 30.4. The lowest BCUT2D eigenvalue weighted by molar-refractivity contribution is -0.153. The topological polar surface area (TPSA) is 186 Å². The van der Waals surface area contributed by atoms with Crippen molar-refractivity contribution in [2.24, 2.45) is 5.16 Å². The number of rotatable bonds is 10. The van der Waals surface area contributed by atoms with Gasteiger partial charge >= 0.3 is 12.1 Å². The number of benzene rings is 1. The van der Waals surface area contributed by atoms with Crippen molar-refractivity contribution in [2.75, 3.05) is 39.3 Å². The number of carbonyl (C=O) groups excluding carboxylic acids is 4. The molecule has 3 heterocycles. The van der Waals surface area contributed by atoms with Crippen LogP contribution in [-0.4, -0.2) is 94.6 Å². The molecule has 4 N–H and O–H groups in total. The van der Waals surface area contributed by atoms with Crippen LogP contribution in [0.25, 0.3) is 0 Å². The summed E-state index contributed by atoms with van der Waals surface area (Å²) in [5, 5.41) is 16.0. The molecule has 1 saturated heterocycles. The Bertz CT molecular complexity index is 1450. The van der Waals surface area contributed by atoms with Gasteiger partial charge in [-0.1, -0.05) is 23.4 Å². The number of carbonyl (C=O) groups is 4. The Morgan fingerprint density at radius 1 is 1.26 bits per heavy atom. The van der Waals surface area contributed by atoms with Crippen molar-refractivity contribution in [3.8, 4) is 5.75 Å². The van der Waals surface area contributed by atoms with Crippen LogP contribution in [0.15, 0.2) is 58.2 Å². The third kappa shape index (κ3) is 6.66. The number of methoxy groups -OCH3 is 1. The number of nitrogens with zero attached hydrogens (tertiary/aromatic N) is 4. The lowest BCUT2D eigenvalue weighted by atomic mass is 10.0. The minimum Gasteiger partial charge on any atom is -0.497 e. The molecule has 222 valence electrons. The Hall–Kier alpha value is -4.57. The van der Waals surface area contributed by atoms with Gasteiger partial charge in [0.15, 0.2) is 10.8 Å². The van der Waals surface area contributed by atoms with E-state index in [0.29, 0.717) is 16.9 Å². The quantitative estimate of drug-likeness (QED) is 0.116. The fourth-order valence-corrected chi connectivity index (χ4v) is 5.82. The van der Waals surface area contributed by atoms with Gasteiger partial charge in [0.05, 0.1) is 7.11 Å². The number of amides is 3. The van der Waals surface area contributed by atoms with E-state index in [9.17, 15) is 24.4 Å². The maximum atomic E-state index is 13.3. The Kier molecular flexibility index (Phi) is 9.69. The van der Waals surface area contributed by atoms with Gasteiger partial charge < -0.3 is 35.4 Å². The van der Waals surface area contributed by atoms with Gasteiger partial charge in [-0.25, -0.2) is 14.6 Å². The van der Waals surface area contributed by atoms with Crippen molar-refractivity contribution in [1.29, 1.82) is 0 Å². The molecular weight excluding hydrogens is 588 g/mol. The average molecular weight is 617 g/mol. The van der Waals surface area contributed by atoms with E-state index in [-0.39, 0.29) is 35.5 Å². The van der Waals surface area contributed by atoms with Crippen molar-refractivity contribution >= 4 is 57.8 Å². The molecule has 0 radical (unpaired) electrons. The van der Waals surface area contributed by atoms with Crippen LogP contribution in [0.5, 0.6) is 5.75 Å². The molecular formula is C26H28N6O8S2. The molecule has 1 aromatic carbocycles. The van der Waals surface area contributed by atoms with Crippen LogP contribution >= 0.6 is 23.1 Å². The van der Waals surface area contributed by atoms with Gasteiger partial charge in [0.2, 0.25) is 0 Å².